The van der Waals surface area contributed by atoms with Crippen molar-refractivity contribution in [1.29, 1.82) is 0 Å². The lowest BCUT2D eigenvalue weighted by Gasteiger charge is -2.26. The van der Waals surface area contributed by atoms with Gasteiger partial charge in [-0.05, 0) is 36.8 Å². The molecule has 110 valence electrons. The van der Waals surface area contributed by atoms with Crippen LogP contribution in [0, 0.1) is 11.8 Å². The first kappa shape index (κ1) is 15.2. The van der Waals surface area contributed by atoms with Gasteiger partial charge >= 0.3 is 5.97 Å². The van der Waals surface area contributed by atoms with E-state index in [0.717, 1.165) is 24.8 Å². The zero-order valence-electron chi connectivity index (χ0n) is 11.9. The Hall–Kier alpha value is -1.22. The van der Waals surface area contributed by atoms with Gasteiger partial charge in [0.1, 0.15) is 5.56 Å². The van der Waals surface area contributed by atoms with Gasteiger partial charge in [-0.25, -0.2) is 4.79 Å². The number of hydrogen-bond donors (Lipinski definition) is 2. The van der Waals surface area contributed by atoms with Crippen molar-refractivity contribution in [2.75, 3.05) is 11.9 Å². The zero-order valence-corrected chi connectivity index (χ0v) is 12.6. The number of hydrogen-bond acceptors (Lipinski definition) is 2. The van der Waals surface area contributed by atoms with Crippen LogP contribution in [-0.2, 0) is 0 Å². The molecule has 0 aromatic heterocycles. The Morgan fingerprint density at radius 2 is 2.25 bits per heavy atom. The Morgan fingerprint density at radius 1 is 1.45 bits per heavy atom. The van der Waals surface area contributed by atoms with E-state index in [-0.39, 0.29) is 10.6 Å². The second-order valence-corrected chi connectivity index (χ2v) is 6.23. The number of rotatable bonds is 5. The smallest absolute Gasteiger partial charge is 0.339 e. The average molecular weight is 296 g/mol. The van der Waals surface area contributed by atoms with Gasteiger partial charge < -0.3 is 10.4 Å². The summed E-state index contributed by atoms with van der Waals surface area (Å²) in [5.74, 6) is 0.609. The largest absolute Gasteiger partial charge is 0.478 e. The SMILES string of the molecule is CC1CCCC(CCNc2cccc(Cl)c2C(=O)O)C1. The summed E-state index contributed by atoms with van der Waals surface area (Å²) in [5.41, 5.74) is 0.792. The monoisotopic (exact) mass is 295 g/mol. The standard InChI is InChI=1S/C16H22ClNO2/c1-11-4-2-5-12(10-11)8-9-18-14-7-3-6-13(17)15(14)16(19)20/h3,6-7,11-12,18H,2,4-5,8-10H2,1H3,(H,19,20). The fraction of sp³-hybridized carbons (Fsp3) is 0.562. The molecule has 2 unspecified atom stereocenters. The first-order chi connectivity index (χ1) is 9.58. The van der Waals surface area contributed by atoms with Gasteiger partial charge in [-0.15, -0.1) is 0 Å². The Balaban J connectivity index is 1.91. The highest BCUT2D eigenvalue weighted by Gasteiger charge is 2.19. The van der Waals surface area contributed by atoms with E-state index in [0.29, 0.717) is 5.69 Å². The number of carboxylic acid groups (broad SMARTS) is 1. The number of carboxylic acids is 1. The predicted molar refractivity (Wildman–Crippen MR) is 82.6 cm³/mol. The molecule has 0 spiro atoms. The summed E-state index contributed by atoms with van der Waals surface area (Å²) in [7, 11) is 0. The van der Waals surface area contributed by atoms with Gasteiger partial charge in [-0.3, -0.25) is 0 Å². The van der Waals surface area contributed by atoms with E-state index in [1.165, 1.54) is 25.7 Å². The minimum atomic E-state index is -0.982. The second kappa shape index (κ2) is 6.98. The van der Waals surface area contributed by atoms with Gasteiger partial charge in [0.15, 0.2) is 0 Å². The molecule has 0 bridgehead atoms. The van der Waals surface area contributed by atoms with Crippen LogP contribution in [0.25, 0.3) is 0 Å². The first-order valence-corrected chi connectivity index (χ1v) is 7.71. The molecule has 4 heteroatoms. The van der Waals surface area contributed by atoms with E-state index in [1.807, 2.05) is 0 Å². The Labute approximate surface area is 125 Å². The van der Waals surface area contributed by atoms with Crippen LogP contribution < -0.4 is 5.32 Å². The molecule has 0 amide bonds. The molecular weight excluding hydrogens is 274 g/mol. The zero-order chi connectivity index (χ0) is 14.5. The van der Waals surface area contributed by atoms with Crippen LogP contribution in [0.4, 0.5) is 5.69 Å². The van der Waals surface area contributed by atoms with Crippen molar-refractivity contribution in [3.8, 4) is 0 Å². The summed E-state index contributed by atoms with van der Waals surface area (Å²) >= 11 is 5.95. The van der Waals surface area contributed by atoms with E-state index in [1.54, 1.807) is 18.2 Å². The lowest BCUT2D eigenvalue weighted by molar-refractivity contribution is 0.0698. The fourth-order valence-corrected chi connectivity index (χ4v) is 3.38. The molecule has 0 radical (unpaired) electrons. The molecule has 1 aromatic carbocycles. The third-order valence-corrected chi connectivity index (χ3v) is 4.46. The summed E-state index contributed by atoms with van der Waals surface area (Å²) < 4.78 is 0. The maximum absolute atomic E-state index is 11.2. The predicted octanol–water partition coefficient (Wildman–Crippen LogP) is 4.67. The molecule has 3 nitrogen and oxygen atoms in total. The van der Waals surface area contributed by atoms with Crippen LogP contribution in [0.2, 0.25) is 5.02 Å². The summed E-state index contributed by atoms with van der Waals surface area (Å²) in [5, 5.41) is 12.7. The molecule has 1 aromatic rings. The van der Waals surface area contributed by atoms with Crippen LogP contribution in [0.15, 0.2) is 18.2 Å². The number of carbonyl (C=O) groups is 1. The van der Waals surface area contributed by atoms with Crippen molar-refractivity contribution in [3.63, 3.8) is 0 Å². The van der Waals surface area contributed by atoms with Gasteiger partial charge in [-0.2, -0.15) is 0 Å². The summed E-state index contributed by atoms with van der Waals surface area (Å²) in [6.07, 6.45) is 6.36. The fourth-order valence-electron chi connectivity index (χ4n) is 3.12. The molecule has 1 aliphatic carbocycles. The third-order valence-electron chi connectivity index (χ3n) is 4.14. The molecule has 1 fully saturated rings. The van der Waals surface area contributed by atoms with Crippen LogP contribution >= 0.6 is 11.6 Å². The normalized spacial score (nSPS) is 22.5. The van der Waals surface area contributed by atoms with Crippen LogP contribution in [0.3, 0.4) is 0 Å². The van der Waals surface area contributed by atoms with E-state index in [4.69, 9.17) is 11.6 Å². The molecule has 0 aliphatic heterocycles. The van der Waals surface area contributed by atoms with E-state index >= 15 is 0 Å². The van der Waals surface area contributed by atoms with Crippen LogP contribution in [0.1, 0.15) is 49.4 Å². The van der Waals surface area contributed by atoms with E-state index in [9.17, 15) is 9.90 Å². The summed E-state index contributed by atoms with van der Waals surface area (Å²) in [6, 6.07) is 5.16. The van der Waals surface area contributed by atoms with Crippen molar-refractivity contribution in [2.45, 2.75) is 39.0 Å². The van der Waals surface area contributed by atoms with Crippen LogP contribution in [0.5, 0.6) is 0 Å². The minimum absolute atomic E-state index is 0.172. The molecule has 0 heterocycles. The number of anilines is 1. The number of nitrogens with one attached hydrogen (secondary N) is 1. The number of aromatic carboxylic acids is 1. The van der Waals surface area contributed by atoms with E-state index < -0.39 is 5.97 Å². The molecular formula is C16H22ClNO2. The summed E-state index contributed by atoms with van der Waals surface area (Å²) in [6.45, 7) is 3.12. The number of benzene rings is 1. The highest BCUT2D eigenvalue weighted by molar-refractivity contribution is 6.34. The molecule has 20 heavy (non-hydrogen) atoms. The van der Waals surface area contributed by atoms with Gasteiger partial charge in [-0.1, -0.05) is 43.9 Å². The molecule has 2 N–H and O–H groups in total. The maximum Gasteiger partial charge on any atom is 0.339 e. The second-order valence-electron chi connectivity index (χ2n) is 5.82. The van der Waals surface area contributed by atoms with Crippen molar-refractivity contribution < 1.29 is 9.90 Å². The van der Waals surface area contributed by atoms with Gasteiger partial charge in [0.2, 0.25) is 0 Å². The average Bonchev–Trinajstić information content (AvgIpc) is 2.38. The molecule has 0 saturated heterocycles. The molecule has 1 saturated carbocycles. The Kier molecular flexibility index (Phi) is 5.30. The van der Waals surface area contributed by atoms with Gasteiger partial charge in [0.05, 0.1) is 10.7 Å². The van der Waals surface area contributed by atoms with Gasteiger partial charge in [0, 0.05) is 6.54 Å². The lowest BCUT2D eigenvalue weighted by atomic mass is 9.81. The van der Waals surface area contributed by atoms with Crippen molar-refractivity contribution in [1.82, 2.24) is 0 Å². The van der Waals surface area contributed by atoms with Crippen molar-refractivity contribution >= 4 is 23.3 Å². The highest BCUT2D eigenvalue weighted by atomic mass is 35.5. The summed E-state index contributed by atoms with van der Waals surface area (Å²) in [4.78, 5) is 11.2. The molecule has 2 atom stereocenters. The minimum Gasteiger partial charge on any atom is -0.478 e. The maximum atomic E-state index is 11.2. The van der Waals surface area contributed by atoms with Crippen LogP contribution in [-0.4, -0.2) is 17.6 Å². The molecule has 1 aliphatic rings. The topological polar surface area (TPSA) is 49.3 Å². The lowest BCUT2D eigenvalue weighted by Crippen LogP contribution is -2.17. The Bertz CT molecular complexity index is 476. The quantitative estimate of drug-likeness (QED) is 0.830. The van der Waals surface area contributed by atoms with Crippen molar-refractivity contribution in [3.05, 3.63) is 28.8 Å². The first-order valence-electron chi connectivity index (χ1n) is 7.33. The Morgan fingerprint density at radius 3 is 2.95 bits per heavy atom. The van der Waals surface area contributed by atoms with Gasteiger partial charge in [0.25, 0.3) is 0 Å². The molecule has 2 rings (SSSR count). The van der Waals surface area contributed by atoms with Crippen molar-refractivity contribution in [2.24, 2.45) is 11.8 Å². The highest BCUT2D eigenvalue weighted by Crippen LogP contribution is 2.31. The van der Waals surface area contributed by atoms with E-state index in [2.05, 4.69) is 12.2 Å². The third kappa shape index (κ3) is 3.89. The number of halogens is 1.